The normalized spacial score (nSPS) is 12.7. The number of hydrogen-bond acceptors (Lipinski definition) is 5. The number of oxazole rings is 1. The molecule has 0 aliphatic carbocycles. The van der Waals surface area contributed by atoms with Crippen LogP contribution in [0.25, 0.3) is 0 Å². The first-order valence-corrected chi connectivity index (χ1v) is 5.97. The van der Waals surface area contributed by atoms with Crippen molar-refractivity contribution in [3.8, 4) is 0 Å². The van der Waals surface area contributed by atoms with Crippen LogP contribution in [0.5, 0.6) is 0 Å². The topological polar surface area (TPSA) is 70.7 Å². The SMILES string of the molecule is CO/N=C/c1cnc([S+]([O-])CCC(F)=C(F)F)o1. The lowest BCUT2D eigenvalue weighted by Gasteiger charge is -2.03. The van der Waals surface area contributed by atoms with Crippen LogP contribution in [0.3, 0.4) is 0 Å². The Morgan fingerprint density at radius 2 is 2.33 bits per heavy atom. The van der Waals surface area contributed by atoms with E-state index in [0.717, 1.165) is 0 Å². The third-order valence-electron chi connectivity index (χ3n) is 1.69. The van der Waals surface area contributed by atoms with Gasteiger partial charge in [0.15, 0.2) is 11.6 Å². The molecule has 0 N–H and O–H groups in total. The molecular formula is C9H9F3N2O3S. The Labute approximate surface area is 103 Å². The van der Waals surface area contributed by atoms with Gasteiger partial charge >= 0.3 is 11.3 Å². The highest BCUT2D eigenvalue weighted by Crippen LogP contribution is 2.17. The Bertz CT molecular complexity index is 446. The highest BCUT2D eigenvalue weighted by atomic mass is 32.2. The number of nitrogens with zero attached hydrogens (tertiary/aromatic N) is 2. The summed E-state index contributed by atoms with van der Waals surface area (Å²) in [5, 5.41) is 3.21. The maximum Gasteiger partial charge on any atom is 0.415 e. The first-order valence-electron chi connectivity index (χ1n) is 4.65. The fourth-order valence-electron chi connectivity index (χ4n) is 0.904. The van der Waals surface area contributed by atoms with Crippen LogP contribution in [-0.2, 0) is 16.0 Å². The molecular weight excluding hydrogens is 273 g/mol. The van der Waals surface area contributed by atoms with Gasteiger partial charge in [0.2, 0.25) is 0 Å². The van der Waals surface area contributed by atoms with Gasteiger partial charge in [-0.3, -0.25) is 0 Å². The van der Waals surface area contributed by atoms with Crippen LogP contribution in [-0.4, -0.2) is 28.6 Å². The van der Waals surface area contributed by atoms with Gasteiger partial charge in [-0.15, -0.1) is 0 Å². The molecule has 1 aromatic heterocycles. The van der Waals surface area contributed by atoms with Gasteiger partial charge in [0.1, 0.15) is 19.1 Å². The van der Waals surface area contributed by atoms with Crippen LogP contribution in [0.2, 0.25) is 0 Å². The first kappa shape index (κ1) is 14.6. The Kier molecular flexibility index (Phi) is 5.72. The summed E-state index contributed by atoms with van der Waals surface area (Å²) in [6.45, 7) is 0. The molecule has 0 fully saturated rings. The fourth-order valence-corrected chi connectivity index (χ4v) is 1.80. The second kappa shape index (κ2) is 7.07. The second-order valence-corrected chi connectivity index (χ2v) is 4.36. The van der Waals surface area contributed by atoms with E-state index in [2.05, 4.69) is 15.0 Å². The first-order chi connectivity index (χ1) is 8.54. The maximum absolute atomic E-state index is 12.5. The molecule has 1 rings (SSSR count). The van der Waals surface area contributed by atoms with Crippen molar-refractivity contribution < 1.29 is 27.0 Å². The molecule has 1 atom stereocenters. The Hall–Kier alpha value is -1.48. The van der Waals surface area contributed by atoms with Gasteiger partial charge in [-0.1, -0.05) is 5.16 Å². The number of rotatable bonds is 6. The molecule has 1 aromatic rings. The average Bonchev–Trinajstić information content (AvgIpc) is 2.81. The van der Waals surface area contributed by atoms with Crippen molar-refractivity contribution >= 4 is 17.4 Å². The van der Waals surface area contributed by atoms with Crippen molar-refractivity contribution in [3.05, 3.63) is 23.9 Å². The van der Waals surface area contributed by atoms with Crippen molar-refractivity contribution in [3.63, 3.8) is 0 Å². The van der Waals surface area contributed by atoms with Crippen LogP contribution in [0, 0.1) is 0 Å². The third kappa shape index (κ3) is 4.41. The molecule has 5 nitrogen and oxygen atoms in total. The van der Waals surface area contributed by atoms with Gasteiger partial charge < -0.3 is 13.8 Å². The number of oxime groups is 1. The number of allylic oxidation sites excluding steroid dienone is 1. The minimum atomic E-state index is -2.41. The van der Waals surface area contributed by atoms with E-state index in [-0.39, 0.29) is 16.7 Å². The van der Waals surface area contributed by atoms with Crippen LogP contribution < -0.4 is 0 Å². The van der Waals surface area contributed by atoms with Crippen LogP contribution in [0.4, 0.5) is 13.2 Å². The minimum absolute atomic E-state index is 0.181. The van der Waals surface area contributed by atoms with E-state index >= 15 is 0 Å². The lowest BCUT2D eigenvalue weighted by atomic mass is 10.4. The summed E-state index contributed by atoms with van der Waals surface area (Å²) in [5.41, 5.74) is 0. The van der Waals surface area contributed by atoms with Gasteiger partial charge in [-0.25, -0.2) is 4.39 Å². The van der Waals surface area contributed by atoms with Crippen molar-refractivity contribution in [2.24, 2.45) is 5.16 Å². The quantitative estimate of drug-likeness (QED) is 0.455. The summed E-state index contributed by atoms with van der Waals surface area (Å²) in [4.78, 5) is 8.04. The minimum Gasteiger partial charge on any atom is -0.608 e. The Morgan fingerprint density at radius 3 is 2.94 bits per heavy atom. The molecule has 0 saturated carbocycles. The zero-order valence-corrected chi connectivity index (χ0v) is 10.0. The largest absolute Gasteiger partial charge is 0.608 e. The zero-order chi connectivity index (χ0) is 13.5. The van der Waals surface area contributed by atoms with E-state index in [0.29, 0.717) is 0 Å². The Balaban J connectivity index is 2.57. The van der Waals surface area contributed by atoms with Crippen molar-refractivity contribution in [2.45, 2.75) is 11.6 Å². The highest BCUT2D eigenvalue weighted by molar-refractivity contribution is 7.91. The third-order valence-corrected chi connectivity index (χ3v) is 2.85. The van der Waals surface area contributed by atoms with Crippen molar-refractivity contribution in [2.75, 3.05) is 12.9 Å². The van der Waals surface area contributed by atoms with E-state index in [4.69, 9.17) is 4.42 Å². The van der Waals surface area contributed by atoms with E-state index in [9.17, 15) is 17.7 Å². The standard InChI is InChI=1S/C9H9F3N2O3S/c1-16-14-5-6-4-13-9(17-6)18(15)3-2-7(10)8(11)12/h4-5H,2-3H2,1H3/b14-5+. The Morgan fingerprint density at radius 1 is 1.61 bits per heavy atom. The molecule has 0 spiro atoms. The van der Waals surface area contributed by atoms with Gasteiger partial charge in [0.25, 0.3) is 0 Å². The summed E-state index contributed by atoms with van der Waals surface area (Å²) >= 11 is -1.79. The molecule has 1 heterocycles. The van der Waals surface area contributed by atoms with Gasteiger partial charge in [0.05, 0.1) is 12.6 Å². The van der Waals surface area contributed by atoms with Crippen LogP contribution >= 0.6 is 0 Å². The van der Waals surface area contributed by atoms with E-state index in [1.165, 1.54) is 19.5 Å². The molecule has 18 heavy (non-hydrogen) atoms. The molecule has 1 unspecified atom stereocenters. The predicted molar refractivity (Wildman–Crippen MR) is 57.3 cm³/mol. The number of aromatic nitrogens is 1. The van der Waals surface area contributed by atoms with Crippen LogP contribution in [0.15, 0.2) is 32.9 Å². The lowest BCUT2D eigenvalue weighted by Crippen LogP contribution is -2.07. The van der Waals surface area contributed by atoms with Gasteiger partial charge in [-0.05, 0) is 0 Å². The zero-order valence-electron chi connectivity index (χ0n) is 9.23. The molecule has 0 aliphatic rings. The molecule has 100 valence electrons. The molecule has 0 aromatic carbocycles. The number of halogens is 3. The molecule has 0 radical (unpaired) electrons. The summed E-state index contributed by atoms with van der Waals surface area (Å²) < 4.78 is 52.5. The summed E-state index contributed by atoms with van der Waals surface area (Å²) in [7, 11) is 1.33. The van der Waals surface area contributed by atoms with Crippen molar-refractivity contribution in [1.29, 1.82) is 0 Å². The summed E-state index contributed by atoms with van der Waals surface area (Å²) in [5.74, 6) is -1.74. The van der Waals surface area contributed by atoms with Crippen molar-refractivity contribution in [1.82, 2.24) is 4.98 Å². The molecule has 0 bridgehead atoms. The molecule has 0 aliphatic heterocycles. The highest BCUT2D eigenvalue weighted by Gasteiger charge is 2.20. The fraction of sp³-hybridized carbons (Fsp3) is 0.333. The van der Waals surface area contributed by atoms with E-state index in [1.54, 1.807) is 0 Å². The summed E-state index contributed by atoms with van der Waals surface area (Å²) in [6.07, 6.45) is -0.626. The molecule has 0 amide bonds. The average molecular weight is 282 g/mol. The second-order valence-electron chi connectivity index (χ2n) is 2.91. The predicted octanol–water partition coefficient (Wildman–Crippen LogP) is 2.23. The number of hydrogen-bond donors (Lipinski definition) is 0. The summed E-state index contributed by atoms with van der Waals surface area (Å²) in [6, 6.07) is 0. The molecule has 9 heteroatoms. The maximum atomic E-state index is 12.5. The van der Waals surface area contributed by atoms with Crippen LogP contribution in [0.1, 0.15) is 12.2 Å². The van der Waals surface area contributed by atoms with Gasteiger partial charge in [-0.2, -0.15) is 13.8 Å². The lowest BCUT2D eigenvalue weighted by molar-refractivity contribution is 0.214. The van der Waals surface area contributed by atoms with E-state index < -0.39 is 29.5 Å². The molecule has 0 saturated heterocycles. The van der Waals surface area contributed by atoms with E-state index in [1.807, 2.05) is 0 Å². The smallest absolute Gasteiger partial charge is 0.415 e. The van der Waals surface area contributed by atoms with Gasteiger partial charge in [0, 0.05) is 11.2 Å². The monoisotopic (exact) mass is 282 g/mol.